The third kappa shape index (κ3) is 72.7. The van der Waals surface area contributed by atoms with Crippen LogP contribution in [0.5, 0.6) is 0 Å². The Kier molecular flexibility index (Phi) is 67.7. The van der Waals surface area contributed by atoms with E-state index in [0.717, 1.165) is 83.5 Å². The second-order valence-corrected chi connectivity index (χ2v) is 28.5. The van der Waals surface area contributed by atoms with Crippen LogP contribution in [0.2, 0.25) is 0 Å². The van der Waals surface area contributed by atoms with Crippen molar-refractivity contribution in [3.63, 3.8) is 0 Å². The maximum atomic E-state index is 13.1. The summed E-state index contributed by atoms with van der Waals surface area (Å²) < 4.78 is 23.9. The van der Waals surface area contributed by atoms with Crippen molar-refractivity contribution in [1.29, 1.82) is 0 Å². The molecule has 3 N–H and O–H groups in total. The van der Waals surface area contributed by atoms with Gasteiger partial charge in [0.15, 0.2) is 0 Å². The SMILES string of the molecule is CC/C=C\C/C=C\C/C=C\C/C=C\C/C=C\C/C=C\C/C=C\CCCCCCCCCCCCCCCCCC(=O)NC(COP(=O)(O)OCC[N+](C)(C)C)C(O)/C=C/CCCCCCCCCCCCCCCCCCCCCCCCCCCCCC. The molecule has 0 aromatic carbocycles. The summed E-state index contributed by atoms with van der Waals surface area (Å²) in [6.45, 7) is 4.74. The molecule has 0 fully saturated rings. The number of hydrogen-bond donors (Lipinski definition) is 3. The van der Waals surface area contributed by atoms with Crippen molar-refractivity contribution in [2.45, 2.75) is 366 Å². The van der Waals surface area contributed by atoms with Crippen LogP contribution >= 0.6 is 7.82 Å². The summed E-state index contributed by atoms with van der Waals surface area (Å²) in [7, 11) is 1.58. The van der Waals surface area contributed by atoms with Gasteiger partial charge in [-0.2, -0.15) is 0 Å². The van der Waals surface area contributed by atoms with E-state index in [1.54, 1.807) is 6.08 Å². The molecule has 3 atom stereocenters. The van der Waals surface area contributed by atoms with Crippen molar-refractivity contribution in [3.05, 3.63) is 97.2 Å². The lowest BCUT2D eigenvalue weighted by Crippen LogP contribution is -2.45. The molecular weight excluding hydrogens is 1120 g/mol. The van der Waals surface area contributed by atoms with E-state index < -0.39 is 20.0 Å². The van der Waals surface area contributed by atoms with Crippen LogP contribution in [-0.2, 0) is 18.4 Å². The Morgan fingerprint density at radius 2 is 0.674 bits per heavy atom. The molecule has 0 heterocycles. The minimum atomic E-state index is -4.36. The number of nitrogens with zero attached hydrogens (tertiary/aromatic N) is 1. The number of allylic oxidation sites excluding steroid dienone is 15. The highest BCUT2D eigenvalue weighted by atomic mass is 31.2. The van der Waals surface area contributed by atoms with Crippen molar-refractivity contribution in [2.24, 2.45) is 0 Å². The monoisotopic (exact) mass is 1260 g/mol. The van der Waals surface area contributed by atoms with E-state index in [-0.39, 0.29) is 19.1 Å². The van der Waals surface area contributed by atoms with E-state index in [1.807, 2.05) is 27.2 Å². The van der Waals surface area contributed by atoms with Crippen LogP contribution in [0.25, 0.3) is 0 Å². The number of unbranched alkanes of at least 4 members (excludes halogenated alkanes) is 43. The molecule has 518 valence electrons. The van der Waals surface area contributed by atoms with Crippen LogP contribution in [0.3, 0.4) is 0 Å². The first kappa shape index (κ1) is 86.4. The Hall–Kier alpha value is -2.58. The number of amides is 1. The highest BCUT2D eigenvalue weighted by Crippen LogP contribution is 2.43. The van der Waals surface area contributed by atoms with Gasteiger partial charge in [-0.3, -0.25) is 13.8 Å². The number of aliphatic hydroxyl groups is 1. The van der Waals surface area contributed by atoms with Crippen LogP contribution in [0.1, 0.15) is 354 Å². The standard InChI is InChI=1S/C80H147N2O6P/c1-6-8-10-12-14-16-18-20-22-24-26-28-30-32-34-36-38-39-40-41-42-43-44-46-48-50-52-54-56-58-60-62-64-66-68-70-72-74-80(84)81-78(77-88-89(85,86)87-76-75-82(3,4)5)79(83)73-71-69-67-65-63-61-59-57-55-53-51-49-47-45-37-35-33-31-29-27-25-23-21-19-17-15-13-11-9-7-2/h8,10,14,16,20,22,26,28,32,34,38-39,41-42,71,73,78-79,83H,6-7,9,11-13,15,17-19,21,23-25,27,29-31,33,35-37,40,43-70,72,74-77H2,1-5H3,(H-,81,84,85,86)/p+1/b10-8-,16-14-,22-20-,28-26-,34-32-,39-38-,42-41-,73-71+. The lowest BCUT2D eigenvalue weighted by molar-refractivity contribution is -0.870. The van der Waals surface area contributed by atoms with Crippen LogP contribution in [0, 0.1) is 0 Å². The number of nitrogens with one attached hydrogen (secondary N) is 1. The predicted octanol–water partition coefficient (Wildman–Crippen LogP) is 24.8. The van der Waals surface area contributed by atoms with Gasteiger partial charge in [-0.1, -0.05) is 368 Å². The quantitative estimate of drug-likeness (QED) is 0.0243. The number of phosphoric ester groups is 1. The van der Waals surface area contributed by atoms with Crippen LogP contribution in [-0.4, -0.2) is 73.4 Å². The number of hydrogen-bond acceptors (Lipinski definition) is 5. The molecule has 0 aromatic heterocycles. The minimum absolute atomic E-state index is 0.0596. The molecule has 89 heavy (non-hydrogen) atoms. The summed E-state index contributed by atoms with van der Waals surface area (Å²) in [5.74, 6) is -0.175. The minimum Gasteiger partial charge on any atom is -0.387 e. The van der Waals surface area contributed by atoms with Gasteiger partial charge in [0.25, 0.3) is 0 Å². The van der Waals surface area contributed by atoms with Crippen LogP contribution < -0.4 is 5.32 Å². The zero-order valence-electron chi connectivity index (χ0n) is 59.4. The lowest BCUT2D eigenvalue weighted by atomic mass is 10.0. The van der Waals surface area contributed by atoms with Gasteiger partial charge in [0.2, 0.25) is 5.91 Å². The average Bonchev–Trinajstić information content (AvgIpc) is 3.57. The number of rotatable bonds is 70. The van der Waals surface area contributed by atoms with Gasteiger partial charge in [0, 0.05) is 6.42 Å². The van der Waals surface area contributed by atoms with E-state index in [2.05, 4.69) is 104 Å². The number of carbonyl (C=O) groups is 1. The Morgan fingerprint density at radius 1 is 0.393 bits per heavy atom. The first-order valence-corrected chi connectivity index (χ1v) is 39.6. The molecule has 1 amide bonds. The molecule has 0 radical (unpaired) electrons. The van der Waals surface area contributed by atoms with Crippen LogP contribution in [0.15, 0.2) is 97.2 Å². The van der Waals surface area contributed by atoms with Crippen molar-refractivity contribution in [1.82, 2.24) is 5.32 Å². The Labute approximate surface area is 553 Å². The fraction of sp³-hybridized carbons (Fsp3) is 0.787. The molecule has 0 spiro atoms. The normalized spacial score (nSPS) is 14.1. The predicted molar refractivity (Wildman–Crippen MR) is 392 cm³/mol. The highest BCUT2D eigenvalue weighted by Gasteiger charge is 2.28. The molecule has 0 rings (SSSR count). The topological polar surface area (TPSA) is 105 Å². The second-order valence-electron chi connectivity index (χ2n) is 27.0. The van der Waals surface area contributed by atoms with E-state index in [1.165, 1.54) is 250 Å². The Morgan fingerprint density at radius 3 is 0.989 bits per heavy atom. The Bertz CT molecular complexity index is 1780. The number of phosphoric acid groups is 1. The molecule has 8 nitrogen and oxygen atoms in total. The number of carbonyl (C=O) groups excluding carboxylic acids is 1. The van der Waals surface area contributed by atoms with Gasteiger partial charge in [-0.05, 0) is 77.0 Å². The van der Waals surface area contributed by atoms with Gasteiger partial charge in [0.05, 0.1) is 39.9 Å². The molecular formula is C80H148N2O6P+. The van der Waals surface area contributed by atoms with Crippen molar-refractivity contribution in [3.8, 4) is 0 Å². The Balaban J connectivity index is 4.03. The summed E-state index contributed by atoms with van der Waals surface area (Å²) >= 11 is 0. The summed E-state index contributed by atoms with van der Waals surface area (Å²) in [5, 5.41) is 14.0. The van der Waals surface area contributed by atoms with Crippen molar-refractivity contribution in [2.75, 3.05) is 40.9 Å². The first-order chi connectivity index (χ1) is 43.5. The molecule has 0 aromatic rings. The van der Waals surface area contributed by atoms with Crippen molar-refractivity contribution >= 4 is 13.7 Å². The maximum absolute atomic E-state index is 13.1. The maximum Gasteiger partial charge on any atom is 0.472 e. The molecule has 0 aliphatic heterocycles. The third-order valence-corrected chi connectivity index (χ3v) is 18.0. The zero-order chi connectivity index (χ0) is 64.8. The molecule has 9 heteroatoms. The molecule has 0 saturated heterocycles. The third-order valence-electron chi connectivity index (χ3n) is 17.1. The van der Waals surface area contributed by atoms with E-state index in [0.29, 0.717) is 17.4 Å². The van der Waals surface area contributed by atoms with Crippen molar-refractivity contribution < 1.29 is 32.9 Å². The molecule has 0 aliphatic carbocycles. The van der Waals surface area contributed by atoms with E-state index >= 15 is 0 Å². The summed E-state index contributed by atoms with van der Waals surface area (Å²) in [5.41, 5.74) is 0. The number of aliphatic hydroxyl groups excluding tert-OH is 1. The fourth-order valence-corrected chi connectivity index (χ4v) is 11.9. The highest BCUT2D eigenvalue weighted by molar-refractivity contribution is 7.47. The summed E-state index contributed by atoms with van der Waals surface area (Å²) in [6.07, 6.45) is 101. The number of quaternary nitrogens is 1. The van der Waals surface area contributed by atoms with Gasteiger partial charge < -0.3 is 19.8 Å². The summed E-state index contributed by atoms with van der Waals surface area (Å²) in [6, 6.07) is -0.853. The van der Waals surface area contributed by atoms with Gasteiger partial charge >= 0.3 is 7.82 Å². The molecule has 0 saturated carbocycles. The fourth-order valence-electron chi connectivity index (χ4n) is 11.2. The average molecular weight is 1270 g/mol. The van der Waals surface area contributed by atoms with Gasteiger partial charge in [-0.25, -0.2) is 4.57 Å². The van der Waals surface area contributed by atoms with E-state index in [9.17, 15) is 19.4 Å². The van der Waals surface area contributed by atoms with E-state index in [4.69, 9.17) is 9.05 Å². The largest absolute Gasteiger partial charge is 0.472 e. The molecule has 0 aliphatic rings. The molecule has 0 bridgehead atoms. The second kappa shape index (κ2) is 69.8. The van der Waals surface area contributed by atoms with Crippen LogP contribution in [0.4, 0.5) is 0 Å². The zero-order valence-corrected chi connectivity index (χ0v) is 60.3. The smallest absolute Gasteiger partial charge is 0.387 e. The first-order valence-electron chi connectivity index (χ1n) is 38.1. The summed E-state index contributed by atoms with van der Waals surface area (Å²) in [4.78, 5) is 23.5. The lowest BCUT2D eigenvalue weighted by Gasteiger charge is -2.25. The number of likely N-dealkylation sites (N-methyl/N-ethyl adjacent to an activating group) is 1. The van der Waals surface area contributed by atoms with Gasteiger partial charge in [0.1, 0.15) is 13.2 Å². The molecule has 3 unspecified atom stereocenters. The van der Waals surface area contributed by atoms with Gasteiger partial charge in [-0.15, -0.1) is 0 Å².